The number of amides is 1. The molecule has 2 aromatic rings. The Morgan fingerprint density at radius 3 is 2.42 bits per heavy atom. The van der Waals surface area contributed by atoms with Crippen molar-refractivity contribution in [2.24, 2.45) is 7.05 Å². The van der Waals surface area contributed by atoms with Crippen LogP contribution in [0.15, 0.2) is 11.1 Å². The van der Waals surface area contributed by atoms with Gasteiger partial charge in [0.2, 0.25) is 0 Å². The zero-order chi connectivity index (χ0) is 18.2. The van der Waals surface area contributed by atoms with Crippen LogP contribution in [0.5, 0.6) is 0 Å². The molecule has 132 valence electrons. The number of anilines is 1. The molecule has 0 aliphatic heterocycles. The highest BCUT2D eigenvalue weighted by Crippen LogP contribution is 2.26. The van der Waals surface area contributed by atoms with Crippen LogP contribution in [0.3, 0.4) is 0 Å². The van der Waals surface area contributed by atoms with Crippen LogP contribution in [0.25, 0.3) is 0 Å². The van der Waals surface area contributed by atoms with E-state index >= 15 is 0 Å². The van der Waals surface area contributed by atoms with Gasteiger partial charge in [0.1, 0.15) is 4.90 Å². The van der Waals surface area contributed by atoms with Crippen molar-refractivity contribution in [2.75, 3.05) is 11.8 Å². The third kappa shape index (κ3) is 3.09. The Kier molecular flexibility index (Phi) is 4.60. The summed E-state index contributed by atoms with van der Waals surface area (Å²) < 4.78 is 54.7. The first-order valence-corrected chi connectivity index (χ1v) is 8.19. The number of aryl methyl sites for hydroxylation is 2. The first-order valence-electron chi connectivity index (χ1n) is 6.71. The van der Waals surface area contributed by atoms with Crippen LogP contribution in [-0.4, -0.2) is 40.9 Å². The highest BCUT2D eigenvalue weighted by Gasteiger charge is 2.29. The molecule has 2 heterocycles. The lowest BCUT2D eigenvalue weighted by Gasteiger charge is -2.08. The second-order valence-corrected chi connectivity index (χ2v) is 6.59. The Hall–Kier alpha value is -2.50. The summed E-state index contributed by atoms with van der Waals surface area (Å²) >= 11 is 0. The largest absolute Gasteiger partial charge is 0.354 e. The molecular formula is C12H16F2N6O3S. The molecule has 1 amide bonds. The second-order valence-electron chi connectivity index (χ2n) is 4.97. The Labute approximate surface area is 136 Å². The fraction of sp³-hybridized carbons (Fsp3) is 0.417. The topological polar surface area (TPSA) is 111 Å². The second kappa shape index (κ2) is 6.19. The average Bonchev–Trinajstić information content (AvgIpc) is 2.97. The van der Waals surface area contributed by atoms with Crippen molar-refractivity contribution < 1.29 is 22.0 Å². The zero-order valence-electron chi connectivity index (χ0n) is 13.3. The molecule has 12 heteroatoms. The molecule has 0 atom stereocenters. The summed E-state index contributed by atoms with van der Waals surface area (Å²) in [5.74, 6) is -0.593. The molecule has 0 saturated heterocycles. The van der Waals surface area contributed by atoms with Gasteiger partial charge >= 0.3 is 6.55 Å². The van der Waals surface area contributed by atoms with Crippen LogP contribution >= 0.6 is 0 Å². The number of aromatic nitrogens is 4. The molecule has 0 spiro atoms. The smallest absolute Gasteiger partial charge is 0.333 e. The van der Waals surface area contributed by atoms with Gasteiger partial charge in [-0.2, -0.15) is 19.0 Å². The number of rotatable bonds is 5. The standard InChI is InChI=1S/C12H16F2N6O3S/c1-6-10(7(2)20(16-6)12(13)14)24(22,23)18-8-5-19(4)17-9(8)11(21)15-3/h5,12,18H,1-4H3,(H,15,21). The van der Waals surface area contributed by atoms with E-state index in [4.69, 9.17) is 0 Å². The average molecular weight is 362 g/mol. The molecule has 0 unspecified atom stereocenters. The first kappa shape index (κ1) is 17.8. The lowest BCUT2D eigenvalue weighted by Crippen LogP contribution is -2.22. The zero-order valence-corrected chi connectivity index (χ0v) is 14.1. The number of nitrogens with zero attached hydrogens (tertiary/aromatic N) is 4. The fourth-order valence-corrected chi connectivity index (χ4v) is 3.72. The highest BCUT2D eigenvalue weighted by molar-refractivity contribution is 7.92. The maximum absolute atomic E-state index is 12.9. The van der Waals surface area contributed by atoms with Crippen LogP contribution in [0.1, 0.15) is 28.4 Å². The summed E-state index contributed by atoms with van der Waals surface area (Å²) in [4.78, 5) is 11.4. The van der Waals surface area contributed by atoms with Crippen LogP contribution in [-0.2, 0) is 17.1 Å². The van der Waals surface area contributed by atoms with E-state index in [-0.39, 0.29) is 27.7 Å². The molecule has 0 radical (unpaired) electrons. The Morgan fingerprint density at radius 2 is 1.92 bits per heavy atom. The van der Waals surface area contributed by atoms with Crippen molar-refractivity contribution in [1.29, 1.82) is 0 Å². The Bertz CT molecular complexity index is 887. The third-order valence-corrected chi connectivity index (χ3v) is 4.84. The summed E-state index contributed by atoms with van der Waals surface area (Å²) in [5, 5.41) is 9.76. The molecule has 2 rings (SSSR count). The van der Waals surface area contributed by atoms with Crippen molar-refractivity contribution in [1.82, 2.24) is 24.9 Å². The molecule has 0 bridgehead atoms. The molecule has 0 aliphatic rings. The quantitative estimate of drug-likeness (QED) is 0.817. The lowest BCUT2D eigenvalue weighted by atomic mass is 10.3. The number of alkyl halides is 2. The van der Waals surface area contributed by atoms with E-state index in [1.54, 1.807) is 0 Å². The van der Waals surface area contributed by atoms with E-state index < -0.39 is 22.5 Å². The monoisotopic (exact) mass is 362 g/mol. The number of carbonyl (C=O) groups is 1. The molecule has 2 aromatic heterocycles. The maximum atomic E-state index is 12.9. The lowest BCUT2D eigenvalue weighted by molar-refractivity contribution is 0.0538. The number of hydrogen-bond acceptors (Lipinski definition) is 5. The predicted molar refractivity (Wildman–Crippen MR) is 80.4 cm³/mol. The highest BCUT2D eigenvalue weighted by atomic mass is 32.2. The van der Waals surface area contributed by atoms with E-state index in [0.29, 0.717) is 4.68 Å². The number of hydrogen-bond donors (Lipinski definition) is 2. The van der Waals surface area contributed by atoms with Crippen molar-refractivity contribution >= 4 is 21.6 Å². The predicted octanol–water partition coefficient (Wildman–Crippen LogP) is 0.789. The van der Waals surface area contributed by atoms with Gasteiger partial charge in [-0.25, -0.2) is 13.1 Å². The number of sulfonamides is 1. The van der Waals surface area contributed by atoms with Crippen molar-refractivity contribution in [3.05, 3.63) is 23.3 Å². The van der Waals surface area contributed by atoms with Gasteiger partial charge in [0.25, 0.3) is 15.9 Å². The van der Waals surface area contributed by atoms with E-state index in [2.05, 4.69) is 20.2 Å². The van der Waals surface area contributed by atoms with Crippen LogP contribution in [0, 0.1) is 13.8 Å². The van der Waals surface area contributed by atoms with Crippen molar-refractivity contribution in [3.8, 4) is 0 Å². The van der Waals surface area contributed by atoms with Gasteiger partial charge in [0, 0.05) is 20.3 Å². The van der Waals surface area contributed by atoms with Gasteiger partial charge in [-0.15, -0.1) is 0 Å². The van der Waals surface area contributed by atoms with Gasteiger partial charge in [-0.1, -0.05) is 0 Å². The molecule has 24 heavy (non-hydrogen) atoms. The van der Waals surface area contributed by atoms with Gasteiger partial charge in [0.15, 0.2) is 5.69 Å². The molecule has 0 aliphatic carbocycles. The van der Waals surface area contributed by atoms with Gasteiger partial charge < -0.3 is 5.32 Å². The van der Waals surface area contributed by atoms with Crippen molar-refractivity contribution in [2.45, 2.75) is 25.3 Å². The van der Waals surface area contributed by atoms with Gasteiger partial charge in [-0.05, 0) is 13.8 Å². The van der Waals surface area contributed by atoms with Crippen LogP contribution < -0.4 is 10.0 Å². The molecule has 2 N–H and O–H groups in total. The summed E-state index contributed by atoms with van der Waals surface area (Å²) in [7, 11) is -1.36. The van der Waals surface area contributed by atoms with Crippen LogP contribution in [0.4, 0.5) is 14.5 Å². The van der Waals surface area contributed by atoms with E-state index in [1.165, 1.54) is 38.8 Å². The van der Waals surface area contributed by atoms with Gasteiger partial charge in [0.05, 0.1) is 17.1 Å². The van der Waals surface area contributed by atoms with E-state index in [0.717, 1.165) is 0 Å². The SMILES string of the molecule is CNC(=O)c1nn(C)cc1NS(=O)(=O)c1c(C)nn(C(F)F)c1C. The number of carbonyl (C=O) groups excluding carboxylic acids is 1. The molecular weight excluding hydrogens is 346 g/mol. The van der Waals surface area contributed by atoms with Gasteiger partial charge in [-0.3, -0.25) is 14.2 Å². The number of nitrogens with one attached hydrogen (secondary N) is 2. The summed E-state index contributed by atoms with van der Waals surface area (Å²) in [6.07, 6.45) is 1.30. The summed E-state index contributed by atoms with van der Waals surface area (Å²) in [5.41, 5.74) is -0.494. The van der Waals surface area contributed by atoms with Crippen LogP contribution in [0.2, 0.25) is 0 Å². The van der Waals surface area contributed by atoms with Crippen molar-refractivity contribution in [3.63, 3.8) is 0 Å². The normalized spacial score (nSPS) is 11.8. The minimum Gasteiger partial charge on any atom is -0.354 e. The molecule has 0 fully saturated rings. The Balaban J connectivity index is 2.49. The summed E-state index contributed by atoms with van der Waals surface area (Å²) in [6, 6.07) is 0. The van der Waals surface area contributed by atoms with E-state index in [1.807, 2.05) is 0 Å². The molecule has 9 nitrogen and oxygen atoms in total. The fourth-order valence-electron chi connectivity index (χ4n) is 2.27. The third-order valence-electron chi connectivity index (χ3n) is 3.23. The summed E-state index contributed by atoms with van der Waals surface area (Å²) in [6.45, 7) is -0.431. The molecule has 0 aromatic carbocycles. The number of halogens is 2. The minimum absolute atomic E-state index is 0.0690. The first-order chi connectivity index (χ1) is 11.1. The molecule has 0 saturated carbocycles. The minimum atomic E-state index is -4.24. The Morgan fingerprint density at radius 1 is 1.29 bits per heavy atom. The van der Waals surface area contributed by atoms with E-state index in [9.17, 15) is 22.0 Å². The maximum Gasteiger partial charge on any atom is 0.333 e.